The van der Waals surface area contributed by atoms with Crippen molar-refractivity contribution in [3.05, 3.63) is 106 Å². The Morgan fingerprint density at radius 2 is 0.659 bits per heavy atom. The molecule has 2 aromatic rings. The molecule has 4 rings (SSSR count). The van der Waals surface area contributed by atoms with E-state index in [0.717, 1.165) is 0 Å². The number of rotatable bonds is 13. The second-order valence-corrected chi connectivity index (χ2v) is 34.7. The van der Waals surface area contributed by atoms with Crippen LogP contribution in [0.15, 0.2) is 72.9 Å². The standard InChI is InChI=1S/C40H56Ge2S2/c1-25(2)31-21-35(27(5)6)39(36(22-31)28(7)8)41(33-17-13-14-18-33)43-44-42(34-19-15-16-20-34)40-37(29(9)10)23-32(26(3)4)24-38(40)30(11)12/h13-30,33-34H,1-12H3. The van der Waals surface area contributed by atoms with Crippen LogP contribution in [-0.2, 0) is 0 Å². The summed E-state index contributed by atoms with van der Waals surface area (Å²) in [5.41, 5.74) is 9.55. The van der Waals surface area contributed by atoms with Crippen LogP contribution >= 0.6 is 18.2 Å². The van der Waals surface area contributed by atoms with Crippen LogP contribution in [0.3, 0.4) is 0 Å². The second kappa shape index (κ2) is 15.9. The van der Waals surface area contributed by atoms with Crippen molar-refractivity contribution in [3.8, 4) is 0 Å². The van der Waals surface area contributed by atoms with Crippen LogP contribution in [0.25, 0.3) is 0 Å². The average Bonchev–Trinajstić information content (AvgIpc) is 3.69. The molecule has 0 saturated heterocycles. The fraction of sp³-hybridized carbons (Fsp3) is 0.500. The van der Waals surface area contributed by atoms with Gasteiger partial charge in [-0.05, 0) is 0 Å². The molecule has 0 fully saturated rings. The summed E-state index contributed by atoms with van der Waals surface area (Å²) < 4.78 is 4.71. The molecule has 0 amide bonds. The van der Waals surface area contributed by atoms with Crippen molar-refractivity contribution in [3.63, 3.8) is 0 Å². The average molecular weight is 746 g/mol. The predicted molar refractivity (Wildman–Crippen MR) is 207 cm³/mol. The van der Waals surface area contributed by atoms with Gasteiger partial charge in [-0.25, -0.2) is 0 Å². The van der Waals surface area contributed by atoms with Gasteiger partial charge in [0.1, 0.15) is 0 Å². The molecule has 0 spiro atoms. The van der Waals surface area contributed by atoms with Gasteiger partial charge in [-0.1, -0.05) is 0 Å². The Morgan fingerprint density at radius 3 is 0.864 bits per heavy atom. The van der Waals surface area contributed by atoms with Gasteiger partial charge in [0.25, 0.3) is 0 Å². The fourth-order valence-corrected chi connectivity index (χ4v) is 50.2. The van der Waals surface area contributed by atoms with Crippen LogP contribution in [-0.4, -0.2) is 26.4 Å². The van der Waals surface area contributed by atoms with Crippen LogP contribution in [0.4, 0.5) is 0 Å². The molecule has 0 aromatic heterocycles. The summed E-state index contributed by atoms with van der Waals surface area (Å²) in [4.78, 5) is 0. The fourth-order valence-electron chi connectivity index (χ4n) is 6.31. The van der Waals surface area contributed by atoms with Gasteiger partial charge in [-0.2, -0.15) is 0 Å². The molecule has 2 aliphatic carbocycles. The third-order valence-electron chi connectivity index (χ3n) is 9.08. The summed E-state index contributed by atoms with van der Waals surface area (Å²) in [7, 11) is 4.76. The first-order chi connectivity index (χ1) is 20.8. The van der Waals surface area contributed by atoms with E-state index in [0.29, 0.717) is 45.0 Å². The SMILES string of the molecule is CC(C)c1cc(C(C)C)[c]([Ge]([S][S][Ge]([c]2c(C(C)C)cc(C(C)C)cc2C(C)C)[CH]2C=CC=C2)[CH]2C=CC=C2)c(C(C)C)c1. The van der Waals surface area contributed by atoms with Crippen molar-refractivity contribution >= 4 is 53.4 Å². The first kappa shape index (κ1) is 36.0. The third kappa shape index (κ3) is 8.18. The Kier molecular flexibility index (Phi) is 13.0. The third-order valence-corrected chi connectivity index (χ3v) is 41.0. The minimum absolute atomic E-state index is 0.531. The molecule has 2 aromatic carbocycles. The van der Waals surface area contributed by atoms with Gasteiger partial charge < -0.3 is 0 Å². The Bertz CT molecular complexity index is 1220. The molecular formula is C40H56Ge2S2. The van der Waals surface area contributed by atoms with Crippen molar-refractivity contribution in [2.45, 2.75) is 128 Å². The first-order valence-electron chi connectivity index (χ1n) is 17.0. The summed E-state index contributed by atoms with van der Waals surface area (Å²) in [5, 5.41) is 0. The monoisotopic (exact) mass is 748 g/mol. The van der Waals surface area contributed by atoms with Gasteiger partial charge in [0, 0.05) is 0 Å². The maximum atomic E-state index is 2.59. The number of hydrogen-bond acceptors (Lipinski definition) is 2. The zero-order valence-electron chi connectivity index (χ0n) is 29.4. The number of allylic oxidation sites excluding steroid dienone is 8. The van der Waals surface area contributed by atoms with Crippen LogP contribution in [0, 0.1) is 0 Å². The summed E-state index contributed by atoms with van der Waals surface area (Å²) in [6.07, 6.45) is 19.4. The van der Waals surface area contributed by atoms with Gasteiger partial charge in [0.05, 0.1) is 0 Å². The van der Waals surface area contributed by atoms with E-state index in [-0.39, 0.29) is 0 Å². The molecule has 0 aliphatic heterocycles. The van der Waals surface area contributed by atoms with E-state index < -0.39 is 26.4 Å². The van der Waals surface area contributed by atoms with Gasteiger partial charge in [-0.3, -0.25) is 0 Å². The Morgan fingerprint density at radius 1 is 0.409 bits per heavy atom. The molecular weight excluding hydrogens is 690 g/mol. The van der Waals surface area contributed by atoms with Crippen molar-refractivity contribution in [1.82, 2.24) is 0 Å². The molecule has 2 aliphatic rings. The van der Waals surface area contributed by atoms with E-state index in [2.05, 4.69) is 174 Å². The molecule has 4 heteroatoms. The van der Waals surface area contributed by atoms with E-state index in [4.69, 9.17) is 0 Å². The van der Waals surface area contributed by atoms with E-state index in [9.17, 15) is 0 Å². The van der Waals surface area contributed by atoms with E-state index in [1.54, 1.807) is 31.0 Å². The first-order valence-corrected chi connectivity index (χ1v) is 28.8. The molecule has 0 saturated carbocycles. The van der Waals surface area contributed by atoms with Crippen molar-refractivity contribution in [1.29, 1.82) is 0 Å². The van der Waals surface area contributed by atoms with E-state index in [1.807, 2.05) is 0 Å². The predicted octanol–water partition coefficient (Wildman–Crippen LogP) is 11.9. The van der Waals surface area contributed by atoms with E-state index in [1.165, 1.54) is 11.1 Å². The van der Waals surface area contributed by atoms with Gasteiger partial charge in [-0.15, -0.1) is 0 Å². The van der Waals surface area contributed by atoms with Crippen molar-refractivity contribution in [2.75, 3.05) is 0 Å². The van der Waals surface area contributed by atoms with Crippen LogP contribution < -0.4 is 8.79 Å². The quantitative estimate of drug-likeness (QED) is 0.148. The summed E-state index contributed by atoms with van der Waals surface area (Å²) in [5.74, 6) is 3.22. The molecule has 0 nitrogen and oxygen atoms in total. The molecule has 0 atom stereocenters. The van der Waals surface area contributed by atoms with Gasteiger partial charge >= 0.3 is 288 Å². The molecule has 2 radical (unpaired) electrons. The Labute approximate surface area is 285 Å². The number of hydrogen-bond donors (Lipinski definition) is 0. The molecule has 236 valence electrons. The molecule has 0 N–H and O–H groups in total. The molecule has 44 heavy (non-hydrogen) atoms. The normalized spacial score (nSPS) is 15.6. The van der Waals surface area contributed by atoms with Crippen LogP contribution in [0.5, 0.6) is 0 Å². The van der Waals surface area contributed by atoms with Crippen LogP contribution in [0.1, 0.15) is 152 Å². The second-order valence-electron chi connectivity index (χ2n) is 14.6. The van der Waals surface area contributed by atoms with Gasteiger partial charge in [0.2, 0.25) is 0 Å². The van der Waals surface area contributed by atoms with Crippen molar-refractivity contribution < 1.29 is 0 Å². The molecule has 0 bridgehead atoms. The minimum atomic E-state index is -1.90. The zero-order valence-corrected chi connectivity index (χ0v) is 35.2. The Balaban J connectivity index is 1.89. The van der Waals surface area contributed by atoms with Crippen LogP contribution in [0.2, 0.25) is 9.50 Å². The molecule has 0 unspecified atom stereocenters. The van der Waals surface area contributed by atoms with Crippen molar-refractivity contribution in [2.24, 2.45) is 0 Å². The summed E-state index contributed by atoms with van der Waals surface area (Å²) in [6, 6.07) is 10.4. The summed E-state index contributed by atoms with van der Waals surface area (Å²) in [6.45, 7) is 28.8. The topological polar surface area (TPSA) is 0 Å². The van der Waals surface area contributed by atoms with E-state index >= 15 is 0 Å². The zero-order chi connectivity index (χ0) is 32.3. The molecule has 0 heterocycles. The van der Waals surface area contributed by atoms with Gasteiger partial charge in [0.15, 0.2) is 0 Å². The number of benzene rings is 2. The Hall–Kier alpha value is -0.814. The maximum absolute atomic E-state index is 2.59. The summed E-state index contributed by atoms with van der Waals surface area (Å²) >= 11 is -3.80.